The van der Waals surface area contributed by atoms with E-state index in [4.69, 9.17) is 14.2 Å². The summed E-state index contributed by atoms with van der Waals surface area (Å²) in [4.78, 5) is 17.7. The van der Waals surface area contributed by atoms with Gasteiger partial charge in [0.05, 0.1) is 6.04 Å². The molecule has 0 spiro atoms. The van der Waals surface area contributed by atoms with Gasteiger partial charge < -0.3 is 14.2 Å². The minimum absolute atomic E-state index is 0.0205. The molecule has 0 N–H and O–H groups in total. The number of fused-ring (bicyclic) bond motifs is 4. The Morgan fingerprint density at radius 2 is 1.84 bits per heavy atom. The largest absolute Gasteiger partial charge is 0.486 e. The monoisotopic (exact) mass is 422 g/mol. The fourth-order valence-electron chi connectivity index (χ4n) is 5.35. The Hall–Kier alpha value is -2.73. The molecule has 0 saturated carbocycles. The van der Waals surface area contributed by atoms with E-state index in [1.165, 1.54) is 0 Å². The van der Waals surface area contributed by atoms with Crippen molar-refractivity contribution in [2.45, 2.75) is 31.4 Å². The van der Waals surface area contributed by atoms with Crippen LogP contribution in [-0.2, 0) is 4.74 Å². The SMILES string of the molecule is C=CC1=C(C=C)[C@@H](c2ccc3c(c2)OCCO3)N(C(=O)O[C@@H]2CN3CCC2CC3)CC1. The summed E-state index contributed by atoms with van der Waals surface area (Å²) in [5.74, 6) is 1.92. The first kappa shape index (κ1) is 20.2. The smallest absolute Gasteiger partial charge is 0.410 e. The number of rotatable bonds is 4. The average Bonchev–Trinajstić information content (AvgIpc) is 2.83. The van der Waals surface area contributed by atoms with Crippen LogP contribution in [0.4, 0.5) is 4.79 Å². The van der Waals surface area contributed by atoms with Crippen LogP contribution in [0, 0.1) is 5.92 Å². The molecule has 0 unspecified atom stereocenters. The first-order valence-corrected chi connectivity index (χ1v) is 11.2. The van der Waals surface area contributed by atoms with Crippen LogP contribution in [0.1, 0.15) is 30.9 Å². The van der Waals surface area contributed by atoms with Gasteiger partial charge >= 0.3 is 6.09 Å². The second-order valence-electron chi connectivity index (χ2n) is 8.70. The Morgan fingerprint density at radius 3 is 2.52 bits per heavy atom. The third-order valence-corrected chi connectivity index (χ3v) is 7.03. The molecule has 1 aromatic carbocycles. The standard InChI is InChI=1S/C25H30N2O4/c1-3-17-9-12-27(25(28)31-23-16-26-10-7-18(23)8-11-26)24(20(17)4-2)19-5-6-21-22(15-19)30-14-13-29-21/h3-6,15,18,23-24H,1-2,7-14,16H2/t23-,24-/m1/s1. The maximum absolute atomic E-state index is 13.4. The predicted octanol–water partition coefficient (Wildman–Crippen LogP) is 4.10. The molecule has 6 nitrogen and oxygen atoms in total. The zero-order valence-electron chi connectivity index (χ0n) is 17.9. The van der Waals surface area contributed by atoms with Gasteiger partial charge in [-0.25, -0.2) is 4.79 Å². The highest BCUT2D eigenvalue weighted by Gasteiger charge is 2.40. The molecular weight excluding hydrogens is 392 g/mol. The summed E-state index contributed by atoms with van der Waals surface area (Å²) in [6.45, 7) is 12.8. The van der Waals surface area contributed by atoms with E-state index in [0.717, 1.165) is 61.4 Å². The molecule has 5 aliphatic rings. The number of carbonyl (C=O) groups is 1. The lowest BCUT2D eigenvalue weighted by Gasteiger charge is -2.45. The molecule has 3 fully saturated rings. The van der Waals surface area contributed by atoms with Crippen molar-refractivity contribution in [3.05, 3.63) is 60.2 Å². The Morgan fingerprint density at radius 1 is 1.06 bits per heavy atom. The van der Waals surface area contributed by atoms with Crippen LogP contribution in [0.25, 0.3) is 0 Å². The van der Waals surface area contributed by atoms with Crippen LogP contribution < -0.4 is 9.47 Å². The van der Waals surface area contributed by atoms with E-state index in [-0.39, 0.29) is 18.2 Å². The minimum atomic E-state index is -0.288. The van der Waals surface area contributed by atoms with E-state index in [0.29, 0.717) is 31.4 Å². The van der Waals surface area contributed by atoms with Gasteiger partial charge in [0.25, 0.3) is 0 Å². The van der Waals surface area contributed by atoms with Crippen molar-refractivity contribution in [2.24, 2.45) is 5.92 Å². The van der Waals surface area contributed by atoms with E-state index >= 15 is 0 Å². The van der Waals surface area contributed by atoms with E-state index in [2.05, 4.69) is 18.1 Å². The fraction of sp³-hybridized carbons (Fsp3) is 0.480. The molecule has 31 heavy (non-hydrogen) atoms. The highest BCUT2D eigenvalue weighted by atomic mass is 16.6. The molecule has 164 valence electrons. The zero-order valence-corrected chi connectivity index (χ0v) is 17.9. The molecule has 2 atom stereocenters. The summed E-state index contributed by atoms with van der Waals surface area (Å²) in [7, 11) is 0. The molecule has 0 aromatic heterocycles. The Kier molecular flexibility index (Phi) is 5.48. The number of piperidine rings is 3. The average molecular weight is 423 g/mol. The third kappa shape index (κ3) is 3.74. The van der Waals surface area contributed by atoms with Gasteiger partial charge in [-0.15, -0.1) is 0 Å². The maximum Gasteiger partial charge on any atom is 0.410 e. The van der Waals surface area contributed by atoms with Crippen molar-refractivity contribution < 1.29 is 19.0 Å². The van der Waals surface area contributed by atoms with Gasteiger partial charge in [-0.3, -0.25) is 9.80 Å². The van der Waals surface area contributed by atoms with Crippen LogP contribution >= 0.6 is 0 Å². The van der Waals surface area contributed by atoms with Gasteiger partial charge in [-0.05, 0) is 67.1 Å². The zero-order chi connectivity index (χ0) is 21.4. The molecule has 3 saturated heterocycles. The van der Waals surface area contributed by atoms with Gasteiger partial charge in [-0.1, -0.05) is 31.4 Å². The van der Waals surface area contributed by atoms with Crippen LogP contribution in [0.2, 0.25) is 0 Å². The molecular formula is C25H30N2O4. The number of amides is 1. The molecule has 5 aliphatic heterocycles. The number of carbonyl (C=O) groups excluding carboxylic acids is 1. The third-order valence-electron chi connectivity index (χ3n) is 7.03. The molecule has 0 radical (unpaired) electrons. The van der Waals surface area contributed by atoms with Crippen molar-refractivity contribution in [1.29, 1.82) is 0 Å². The van der Waals surface area contributed by atoms with E-state index in [1.54, 1.807) is 0 Å². The molecule has 0 aliphatic carbocycles. The maximum atomic E-state index is 13.4. The van der Waals surface area contributed by atoms with Gasteiger partial charge in [-0.2, -0.15) is 0 Å². The quantitative estimate of drug-likeness (QED) is 0.731. The number of benzene rings is 1. The second kappa shape index (κ2) is 8.42. The molecule has 6 heteroatoms. The van der Waals surface area contributed by atoms with Crippen LogP contribution in [0.3, 0.4) is 0 Å². The van der Waals surface area contributed by atoms with Gasteiger partial charge in [0, 0.05) is 13.1 Å². The summed E-state index contributed by atoms with van der Waals surface area (Å²) in [6, 6.07) is 5.61. The fourth-order valence-corrected chi connectivity index (χ4v) is 5.35. The summed E-state index contributed by atoms with van der Waals surface area (Å²) >= 11 is 0. The minimum Gasteiger partial charge on any atom is -0.486 e. The van der Waals surface area contributed by atoms with E-state index in [1.807, 2.05) is 35.3 Å². The first-order valence-electron chi connectivity index (χ1n) is 11.2. The lowest BCUT2D eigenvalue weighted by Crippen LogP contribution is -2.53. The summed E-state index contributed by atoms with van der Waals surface area (Å²) in [6.07, 6.45) is 6.41. The van der Waals surface area contributed by atoms with Gasteiger partial charge in [0.1, 0.15) is 19.3 Å². The van der Waals surface area contributed by atoms with E-state index < -0.39 is 0 Å². The predicted molar refractivity (Wildman–Crippen MR) is 118 cm³/mol. The molecule has 1 aromatic rings. The normalized spacial score (nSPS) is 29.5. The summed E-state index contributed by atoms with van der Waals surface area (Å²) in [5.41, 5.74) is 3.06. The number of nitrogens with zero attached hydrogens (tertiary/aromatic N) is 2. The van der Waals surface area contributed by atoms with Crippen molar-refractivity contribution in [3.63, 3.8) is 0 Å². The highest BCUT2D eigenvalue weighted by molar-refractivity contribution is 5.71. The number of ether oxygens (including phenoxy) is 3. The van der Waals surface area contributed by atoms with Crippen molar-refractivity contribution in [1.82, 2.24) is 9.80 Å². The van der Waals surface area contributed by atoms with Crippen LogP contribution in [0.5, 0.6) is 11.5 Å². The van der Waals surface area contributed by atoms with Crippen molar-refractivity contribution in [2.75, 3.05) is 39.4 Å². The van der Waals surface area contributed by atoms with Crippen molar-refractivity contribution >= 4 is 6.09 Å². The number of hydrogen-bond acceptors (Lipinski definition) is 5. The van der Waals surface area contributed by atoms with Crippen LogP contribution in [0.15, 0.2) is 54.7 Å². The first-order chi connectivity index (χ1) is 15.2. The number of hydrogen-bond donors (Lipinski definition) is 0. The molecule has 2 bridgehead atoms. The van der Waals surface area contributed by atoms with Gasteiger partial charge in [0.15, 0.2) is 11.5 Å². The lowest BCUT2D eigenvalue weighted by atomic mass is 9.86. The summed E-state index contributed by atoms with van der Waals surface area (Å²) in [5, 5.41) is 0. The number of allylic oxidation sites excluding steroid dienone is 1. The molecule has 1 amide bonds. The second-order valence-corrected chi connectivity index (χ2v) is 8.70. The molecule has 5 heterocycles. The topological polar surface area (TPSA) is 51.2 Å². The Labute approximate surface area is 183 Å². The summed E-state index contributed by atoms with van der Waals surface area (Å²) < 4.78 is 17.6. The molecule has 6 rings (SSSR count). The van der Waals surface area contributed by atoms with E-state index in [9.17, 15) is 4.79 Å². The lowest BCUT2D eigenvalue weighted by molar-refractivity contribution is -0.0462. The Balaban J connectivity index is 1.45. The highest BCUT2D eigenvalue weighted by Crippen LogP contribution is 2.41. The van der Waals surface area contributed by atoms with Crippen LogP contribution in [-0.4, -0.2) is 61.4 Å². The van der Waals surface area contributed by atoms with Crippen molar-refractivity contribution in [3.8, 4) is 11.5 Å². The van der Waals surface area contributed by atoms with Gasteiger partial charge in [0.2, 0.25) is 0 Å². The Bertz CT molecular complexity index is 916.